The van der Waals surface area contributed by atoms with E-state index in [1.54, 1.807) is 0 Å². The lowest BCUT2D eigenvalue weighted by atomic mass is 9.83. The highest BCUT2D eigenvalue weighted by molar-refractivity contribution is 5.47. The number of rotatable bonds is 2. The predicted molar refractivity (Wildman–Crippen MR) is 76.3 cm³/mol. The summed E-state index contributed by atoms with van der Waals surface area (Å²) in [6.45, 7) is 11.8. The van der Waals surface area contributed by atoms with E-state index >= 15 is 0 Å². The fourth-order valence-electron chi connectivity index (χ4n) is 2.52. The highest BCUT2D eigenvalue weighted by atomic mass is 16.5. The van der Waals surface area contributed by atoms with Crippen LogP contribution in [0.5, 0.6) is 5.75 Å². The van der Waals surface area contributed by atoms with E-state index in [1.807, 2.05) is 0 Å². The largest absolute Gasteiger partial charge is 0.494 e. The summed E-state index contributed by atoms with van der Waals surface area (Å²) in [5.74, 6) is 1.10. The zero-order chi connectivity index (χ0) is 13.3. The minimum atomic E-state index is 0.177. The first-order chi connectivity index (χ1) is 8.41. The highest BCUT2D eigenvalue weighted by Gasteiger charge is 2.22. The molecule has 1 aliphatic heterocycles. The van der Waals surface area contributed by atoms with Crippen molar-refractivity contribution in [2.24, 2.45) is 0 Å². The van der Waals surface area contributed by atoms with E-state index in [9.17, 15) is 0 Å². The third-order valence-corrected chi connectivity index (χ3v) is 3.65. The van der Waals surface area contributed by atoms with Gasteiger partial charge in [0.1, 0.15) is 5.75 Å². The van der Waals surface area contributed by atoms with Crippen LogP contribution >= 0.6 is 0 Å². The minimum absolute atomic E-state index is 0.177. The van der Waals surface area contributed by atoms with Crippen molar-refractivity contribution in [1.29, 1.82) is 0 Å². The van der Waals surface area contributed by atoms with E-state index < -0.39 is 0 Å². The number of ether oxygens (including phenoxy) is 1. The van der Waals surface area contributed by atoms with Crippen LogP contribution in [-0.2, 0) is 18.4 Å². The first-order valence-electron chi connectivity index (χ1n) is 6.89. The monoisotopic (exact) mass is 247 g/mol. The smallest absolute Gasteiger partial charge is 0.123 e. The van der Waals surface area contributed by atoms with Crippen LogP contribution in [0, 0.1) is 0 Å². The Morgan fingerprint density at radius 2 is 2.00 bits per heavy atom. The Bertz CT molecular complexity index is 414. The fourth-order valence-corrected chi connectivity index (χ4v) is 2.52. The van der Waals surface area contributed by atoms with Gasteiger partial charge in [-0.25, -0.2) is 0 Å². The second-order valence-corrected chi connectivity index (χ2v) is 6.28. The molecule has 1 heterocycles. The van der Waals surface area contributed by atoms with Gasteiger partial charge in [-0.15, -0.1) is 0 Å². The molecule has 100 valence electrons. The van der Waals surface area contributed by atoms with Crippen molar-refractivity contribution < 1.29 is 4.74 Å². The van der Waals surface area contributed by atoms with Crippen LogP contribution in [0.15, 0.2) is 12.1 Å². The summed E-state index contributed by atoms with van der Waals surface area (Å²) in [5, 5.41) is 0. The third kappa shape index (κ3) is 2.69. The van der Waals surface area contributed by atoms with Crippen molar-refractivity contribution in [3.05, 3.63) is 28.8 Å². The van der Waals surface area contributed by atoms with Gasteiger partial charge in [-0.3, -0.25) is 0 Å². The standard InChI is InChI=1S/C16H25NO/c1-6-18-15-10-13(16(2,3)4)9-12-11-17(5)8-7-14(12)15/h9-10H,6-8,11H2,1-5H3. The van der Waals surface area contributed by atoms with Crippen LogP contribution in [0.1, 0.15) is 44.4 Å². The Labute approximate surface area is 111 Å². The van der Waals surface area contributed by atoms with Crippen LogP contribution in [0.2, 0.25) is 0 Å². The first-order valence-corrected chi connectivity index (χ1v) is 6.89. The van der Waals surface area contributed by atoms with Crippen molar-refractivity contribution in [2.75, 3.05) is 20.2 Å². The van der Waals surface area contributed by atoms with Gasteiger partial charge in [0.25, 0.3) is 0 Å². The third-order valence-electron chi connectivity index (χ3n) is 3.65. The lowest BCUT2D eigenvalue weighted by molar-refractivity contribution is 0.296. The maximum Gasteiger partial charge on any atom is 0.123 e. The van der Waals surface area contributed by atoms with E-state index in [1.165, 1.54) is 16.7 Å². The van der Waals surface area contributed by atoms with Gasteiger partial charge in [0, 0.05) is 13.1 Å². The van der Waals surface area contributed by atoms with Gasteiger partial charge in [-0.05, 0) is 48.6 Å². The van der Waals surface area contributed by atoms with Crippen molar-refractivity contribution in [2.45, 2.75) is 46.1 Å². The molecule has 0 radical (unpaired) electrons. The normalized spacial score (nSPS) is 16.5. The van der Waals surface area contributed by atoms with E-state index in [0.29, 0.717) is 0 Å². The Hall–Kier alpha value is -1.02. The quantitative estimate of drug-likeness (QED) is 0.794. The SMILES string of the molecule is CCOc1cc(C(C)(C)C)cc2c1CCN(C)C2. The Morgan fingerprint density at radius 3 is 2.61 bits per heavy atom. The molecule has 0 saturated carbocycles. The van der Waals surface area contributed by atoms with Gasteiger partial charge >= 0.3 is 0 Å². The molecule has 0 saturated heterocycles. The Kier molecular flexibility index (Phi) is 3.67. The number of nitrogens with zero attached hydrogens (tertiary/aromatic N) is 1. The zero-order valence-corrected chi connectivity index (χ0v) is 12.3. The average Bonchev–Trinajstić information content (AvgIpc) is 2.27. The number of fused-ring (bicyclic) bond motifs is 1. The van der Waals surface area contributed by atoms with Crippen LogP contribution in [0.3, 0.4) is 0 Å². The lowest BCUT2D eigenvalue weighted by Crippen LogP contribution is -2.27. The van der Waals surface area contributed by atoms with Crippen molar-refractivity contribution in [3.8, 4) is 5.75 Å². The van der Waals surface area contributed by atoms with E-state index in [-0.39, 0.29) is 5.41 Å². The Balaban J connectivity index is 2.48. The molecule has 0 aromatic heterocycles. The van der Waals surface area contributed by atoms with Gasteiger partial charge in [-0.1, -0.05) is 26.8 Å². The van der Waals surface area contributed by atoms with Crippen LogP contribution in [0.25, 0.3) is 0 Å². The summed E-state index contributed by atoms with van der Waals surface area (Å²) in [6.07, 6.45) is 1.10. The van der Waals surface area contributed by atoms with Gasteiger partial charge < -0.3 is 9.64 Å². The van der Waals surface area contributed by atoms with Gasteiger partial charge in [0.2, 0.25) is 0 Å². The second-order valence-electron chi connectivity index (χ2n) is 6.28. The van der Waals surface area contributed by atoms with Gasteiger partial charge in [-0.2, -0.15) is 0 Å². The molecule has 0 spiro atoms. The summed E-state index contributed by atoms with van der Waals surface area (Å²) < 4.78 is 5.86. The topological polar surface area (TPSA) is 12.5 Å². The molecule has 2 rings (SSSR count). The van der Waals surface area contributed by atoms with Crippen LogP contribution in [0.4, 0.5) is 0 Å². The van der Waals surface area contributed by atoms with Crippen LogP contribution in [-0.4, -0.2) is 25.1 Å². The van der Waals surface area contributed by atoms with Gasteiger partial charge in [0.15, 0.2) is 0 Å². The maximum absolute atomic E-state index is 5.86. The molecule has 2 heteroatoms. The Morgan fingerprint density at radius 1 is 1.28 bits per heavy atom. The summed E-state index contributed by atoms with van der Waals surface area (Å²) in [5.41, 5.74) is 4.42. The highest BCUT2D eigenvalue weighted by Crippen LogP contribution is 2.34. The molecule has 0 N–H and O–H groups in total. The molecule has 0 bridgehead atoms. The summed E-state index contributed by atoms with van der Waals surface area (Å²) in [7, 11) is 2.19. The summed E-state index contributed by atoms with van der Waals surface area (Å²) in [4.78, 5) is 2.38. The number of hydrogen-bond acceptors (Lipinski definition) is 2. The lowest BCUT2D eigenvalue weighted by Gasteiger charge is -2.29. The average molecular weight is 247 g/mol. The molecule has 0 fully saturated rings. The van der Waals surface area contributed by atoms with Crippen molar-refractivity contribution in [3.63, 3.8) is 0 Å². The van der Waals surface area contributed by atoms with Crippen molar-refractivity contribution in [1.82, 2.24) is 4.90 Å². The molecular formula is C16H25NO. The molecule has 1 aromatic carbocycles. The number of benzene rings is 1. The second kappa shape index (κ2) is 4.93. The molecule has 0 unspecified atom stereocenters. The maximum atomic E-state index is 5.86. The molecular weight excluding hydrogens is 222 g/mol. The predicted octanol–water partition coefficient (Wildman–Crippen LogP) is 3.37. The molecule has 0 amide bonds. The fraction of sp³-hybridized carbons (Fsp3) is 0.625. The summed E-state index contributed by atoms with van der Waals surface area (Å²) >= 11 is 0. The molecule has 1 aliphatic rings. The molecule has 0 atom stereocenters. The van der Waals surface area contributed by atoms with E-state index in [2.05, 4.69) is 51.8 Å². The van der Waals surface area contributed by atoms with E-state index in [0.717, 1.165) is 31.9 Å². The molecule has 2 nitrogen and oxygen atoms in total. The minimum Gasteiger partial charge on any atom is -0.494 e. The number of likely N-dealkylation sites (N-methyl/N-ethyl adjacent to an activating group) is 1. The molecule has 0 aliphatic carbocycles. The van der Waals surface area contributed by atoms with Gasteiger partial charge in [0.05, 0.1) is 6.61 Å². The van der Waals surface area contributed by atoms with Crippen molar-refractivity contribution >= 4 is 0 Å². The zero-order valence-electron chi connectivity index (χ0n) is 12.3. The molecule has 18 heavy (non-hydrogen) atoms. The first kappa shape index (κ1) is 13.4. The van der Waals surface area contributed by atoms with Crippen LogP contribution < -0.4 is 4.74 Å². The van der Waals surface area contributed by atoms with E-state index in [4.69, 9.17) is 4.74 Å². The number of hydrogen-bond donors (Lipinski definition) is 0. The summed E-state index contributed by atoms with van der Waals surface area (Å²) in [6, 6.07) is 4.61. The molecule has 1 aromatic rings.